The first-order valence-corrected chi connectivity index (χ1v) is 13.0. The maximum Gasteiger partial charge on any atom is 0.319 e. The molecule has 0 atom stereocenters. The number of aliphatic hydroxyl groups excluding tert-OH is 1. The van der Waals surface area contributed by atoms with Crippen LogP contribution in [0.2, 0.25) is 0 Å². The number of nitriles is 1. The number of hydrogen-bond donors (Lipinski definition) is 3. The van der Waals surface area contributed by atoms with Gasteiger partial charge in [0.1, 0.15) is 29.5 Å². The third-order valence-electron chi connectivity index (χ3n) is 6.50. The van der Waals surface area contributed by atoms with E-state index in [1.54, 1.807) is 55.5 Å². The molecule has 0 saturated carbocycles. The van der Waals surface area contributed by atoms with Crippen molar-refractivity contribution in [3.8, 4) is 28.8 Å². The van der Waals surface area contributed by atoms with E-state index >= 15 is 0 Å². The fraction of sp³-hybridized carbons (Fsp3) is 0.345. The molecule has 0 unspecified atom stereocenters. The Balaban J connectivity index is 1.48. The molecule has 11 heteroatoms. The monoisotopic (exact) mass is 544 g/mol. The number of anilines is 1. The zero-order chi connectivity index (χ0) is 28.5. The van der Waals surface area contributed by atoms with Gasteiger partial charge in [0.15, 0.2) is 0 Å². The van der Waals surface area contributed by atoms with Crippen LogP contribution < -0.4 is 20.1 Å². The van der Waals surface area contributed by atoms with Crippen LogP contribution in [0, 0.1) is 11.3 Å². The first kappa shape index (κ1) is 28.3. The van der Waals surface area contributed by atoms with Crippen molar-refractivity contribution in [2.45, 2.75) is 32.3 Å². The maximum atomic E-state index is 12.0. The molecule has 40 heavy (non-hydrogen) atoms. The summed E-state index contributed by atoms with van der Waals surface area (Å²) in [5.41, 5.74) is 3.18. The zero-order valence-corrected chi connectivity index (χ0v) is 22.5. The molecule has 2 aromatic carbocycles. The lowest BCUT2D eigenvalue weighted by atomic mass is 10.1. The third-order valence-corrected chi connectivity index (χ3v) is 6.50. The molecule has 1 saturated heterocycles. The van der Waals surface area contributed by atoms with Crippen LogP contribution in [0.25, 0.3) is 11.3 Å². The molecular weight excluding hydrogens is 512 g/mol. The number of aliphatic hydroxyl groups is 1. The molecule has 3 amide bonds. The Bertz CT molecular complexity index is 1400. The van der Waals surface area contributed by atoms with Crippen LogP contribution in [-0.2, 0) is 11.2 Å². The van der Waals surface area contributed by atoms with Crippen LogP contribution in [0.1, 0.15) is 36.7 Å². The second kappa shape index (κ2) is 13.4. The molecule has 1 aliphatic heterocycles. The first-order chi connectivity index (χ1) is 19.4. The van der Waals surface area contributed by atoms with Crippen molar-refractivity contribution in [2.24, 2.45) is 0 Å². The summed E-state index contributed by atoms with van der Waals surface area (Å²) >= 11 is 0. The van der Waals surface area contributed by atoms with Gasteiger partial charge in [-0.3, -0.25) is 4.79 Å². The fourth-order valence-corrected chi connectivity index (χ4v) is 4.47. The smallest absolute Gasteiger partial charge is 0.319 e. The van der Waals surface area contributed by atoms with Gasteiger partial charge in [0.25, 0.3) is 0 Å². The number of hydrogen-bond acceptors (Lipinski definition) is 8. The van der Waals surface area contributed by atoms with Crippen LogP contribution in [0.15, 0.2) is 48.7 Å². The molecule has 3 N–H and O–H groups in total. The Morgan fingerprint density at radius 2 is 1.98 bits per heavy atom. The molecule has 1 aromatic heterocycles. The topological polar surface area (TPSA) is 150 Å². The summed E-state index contributed by atoms with van der Waals surface area (Å²) in [4.78, 5) is 34.5. The van der Waals surface area contributed by atoms with Gasteiger partial charge in [-0.1, -0.05) is 0 Å². The largest absolute Gasteiger partial charge is 0.497 e. The van der Waals surface area contributed by atoms with E-state index in [9.17, 15) is 14.9 Å². The van der Waals surface area contributed by atoms with E-state index in [1.807, 2.05) is 12.1 Å². The number of carbonyl (C=O) groups is 2. The molecule has 1 fully saturated rings. The summed E-state index contributed by atoms with van der Waals surface area (Å²) in [7, 11) is 1.54. The summed E-state index contributed by atoms with van der Waals surface area (Å²) < 4.78 is 11.5. The van der Waals surface area contributed by atoms with E-state index in [-0.39, 0.29) is 25.2 Å². The lowest BCUT2D eigenvalue weighted by Gasteiger charge is -2.31. The minimum Gasteiger partial charge on any atom is -0.497 e. The fourth-order valence-electron chi connectivity index (χ4n) is 4.47. The summed E-state index contributed by atoms with van der Waals surface area (Å²) in [6.45, 7) is 2.85. The first-order valence-electron chi connectivity index (χ1n) is 13.0. The van der Waals surface area contributed by atoms with Gasteiger partial charge in [0.05, 0.1) is 25.0 Å². The standard InChI is InChI=1S/C29H32N6O5/c1-19(37)35-10-6-24(7-11-35)40-27-4-3-21(16-22(27)18-30)26-5-8-31-28(34-26)15-20-13-23(17-25(14-20)39-2)33-29(38)32-9-12-36/h3-5,8,13-14,16-17,24,36H,6-7,9-12,15H2,1-2H3,(H2,32,33,38). The molecule has 3 aromatic rings. The van der Waals surface area contributed by atoms with Crippen LogP contribution in [0.5, 0.6) is 11.5 Å². The van der Waals surface area contributed by atoms with Crippen molar-refractivity contribution in [1.82, 2.24) is 20.2 Å². The molecule has 2 heterocycles. The van der Waals surface area contributed by atoms with E-state index in [1.165, 1.54) is 0 Å². The molecule has 4 rings (SSSR count). The summed E-state index contributed by atoms with van der Waals surface area (Å²) in [5.74, 6) is 1.70. The van der Waals surface area contributed by atoms with Crippen LogP contribution in [0.3, 0.4) is 0 Å². The molecular formula is C29H32N6O5. The molecule has 0 radical (unpaired) electrons. The third kappa shape index (κ3) is 7.45. The average Bonchev–Trinajstić information content (AvgIpc) is 2.96. The number of nitrogens with zero attached hydrogens (tertiary/aromatic N) is 4. The Kier molecular flexibility index (Phi) is 9.48. The van der Waals surface area contributed by atoms with Gasteiger partial charge in [-0.25, -0.2) is 14.8 Å². The van der Waals surface area contributed by atoms with E-state index in [4.69, 9.17) is 19.6 Å². The molecule has 208 valence electrons. The number of aromatic nitrogens is 2. The summed E-state index contributed by atoms with van der Waals surface area (Å²) in [5, 5.41) is 24.0. The minimum atomic E-state index is -0.436. The maximum absolute atomic E-state index is 12.0. The number of amides is 3. The zero-order valence-electron chi connectivity index (χ0n) is 22.5. The molecule has 11 nitrogen and oxygen atoms in total. The van der Waals surface area contributed by atoms with Crippen molar-refractivity contribution < 1.29 is 24.2 Å². The second-order valence-corrected chi connectivity index (χ2v) is 9.36. The number of rotatable bonds is 9. The quantitative estimate of drug-likeness (QED) is 0.372. The van der Waals surface area contributed by atoms with Gasteiger partial charge in [0, 0.05) is 69.3 Å². The minimum absolute atomic E-state index is 0.0535. The predicted octanol–water partition coefficient (Wildman–Crippen LogP) is 3.12. The van der Waals surface area contributed by atoms with Crippen LogP contribution in [-0.4, -0.2) is 71.4 Å². The SMILES string of the molecule is COc1cc(Cc2nccc(-c3ccc(OC4CCN(C(C)=O)CC4)c(C#N)c3)n2)cc(NC(=O)NCCO)c1. The van der Waals surface area contributed by atoms with Crippen molar-refractivity contribution in [3.05, 3.63) is 65.6 Å². The lowest BCUT2D eigenvalue weighted by molar-refractivity contribution is -0.130. The van der Waals surface area contributed by atoms with Crippen molar-refractivity contribution in [3.63, 3.8) is 0 Å². The van der Waals surface area contributed by atoms with Gasteiger partial charge in [-0.05, 0) is 42.0 Å². The van der Waals surface area contributed by atoms with Crippen molar-refractivity contribution in [2.75, 3.05) is 38.7 Å². The molecule has 0 aliphatic carbocycles. The van der Waals surface area contributed by atoms with E-state index in [0.29, 0.717) is 53.8 Å². The number of methoxy groups -OCH3 is 1. The van der Waals surface area contributed by atoms with Gasteiger partial charge in [-0.15, -0.1) is 0 Å². The van der Waals surface area contributed by atoms with E-state index < -0.39 is 6.03 Å². The lowest BCUT2D eigenvalue weighted by Crippen LogP contribution is -2.40. The van der Waals surface area contributed by atoms with Gasteiger partial charge in [0.2, 0.25) is 5.91 Å². The molecule has 0 bridgehead atoms. The Labute approximate surface area is 232 Å². The number of urea groups is 1. The van der Waals surface area contributed by atoms with Crippen LogP contribution >= 0.6 is 0 Å². The highest BCUT2D eigenvalue weighted by Gasteiger charge is 2.23. The average molecular weight is 545 g/mol. The van der Waals surface area contributed by atoms with E-state index in [0.717, 1.165) is 24.0 Å². The van der Waals surface area contributed by atoms with Gasteiger partial charge >= 0.3 is 6.03 Å². The van der Waals surface area contributed by atoms with Crippen molar-refractivity contribution in [1.29, 1.82) is 5.26 Å². The summed E-state index contributed by atoms with van der Waals surface area (Å²) in [6, 6.07) is 14.3. The number of benzene rings is 2. The second-order valence-electron chi connectivity index (χ2n) is 9.36. The van der Waals surface area contributed by atoms with Gasteiger partial charge in [-0.2, -0.15) is 5.26 Å². The van der Waals surface area contributed by atoms with Crippen molar-refractivity contribution >= 4 is 17.6 Å². The number of nitrogens with one attached hydrogen (secondary N) is 2. The number of likely N-dealkylation sites (tertiary alicyclic amines) is 1. The summed E-state index contributed by atoms with van der Waals surface area (Å²) in [6.07, 6.45) is 3.43. The number of ether oxygens (including phenoxy) is 2. The Morgan fingerprint density at radius 1 is 1.18 bits per heavy atom. The molecule has 0 spiro atoms. The van der Waals surface area contributed by atoms with Crippen LogP contribution in [0.4, 0.5) is 10.5 Å². The Morgan fingerprint density at radius 3 is 2.67 bits per heavy atom. The number of carbonyl (C=O) groups excluding carboxylic acids is 2. The van der Waals surface area contributed by atoms with E-state index in [2.05, 4.69) is 21.7 Å². The predicted molar refractivity (Wildman–Crippen MR) is 148 cm³/mol. The highest BCUT2D eigenvalue weighted by atomic mass is 16.5. The van der Waals surface area contributed by atoms with Gasteiger partial charge < -0.3 is 30.1 Å². The molecule has 1 aliphatic rings. The Hall–Kier alpha value is -4.69. The normalized spacial score (nSPS) is 13.3. The number of piperidine rings is 1. The highest BCUT2D eigenvalue weighted by molar-refractivity contribution is 5.89. The highest BCUT2D eigenvalue weighted by Crippen LogP contribution is 2.28.